The molecule has 2 aromatic carbocycles. The highest BCUT2D eigenvalue weighted by Gasteiger charge is 2.22. The summed E-state index contributed by atoms with van der Waals surface area (Å²) in [5.74, 6) is 0.705. The van der Waals surface area contributed by atoms with Gasteiger partial charge in [-0.15, -0.1) is 0 Å². The van der Waals surface area contributed by atoms with Crippen molar-refractivity contribution < 1.29 is 4.79 Å². The third kappa shape index (κ3) is 3.23. The molecular formula is C20H21N3O. The van der Waals surface area contributed by atoms with Crippen molar-refractivity contribution in [1.82, 2.24) is 14.9 Å². The summed E-state index contributed by atoms with van der Waals surface area (Å²) in [6.45, 7) is 4.05. The first kappa shape index (κ1) is 16.0. The van der Waals surface area contributed by atoms with Crippen LogP contribution in [0.1, 0.15) is 38.9 Å². The van der Waals surface area contributed by atoms with Crippen LogP contribution in [0.2, 0.25) is 0 Å². The molecule has 122 valence electrons. The monoisotopic (exact) mass is 319 g/mol. The molecule has 1 N–H and O–H groups in total. The van der Waals surface area contributed by atoms with Crippen LogP contribution < -0.4 is 5.32 Å². The van der Waals surface area contributed by atoms with E-state index in [4.69, 9.17) is 0 Å². The predicted octanol–water partition coefficient (Wildman–Crippen LogP) is 3.56. The van der Waals surface area contributed by atoms with E-state index in [1.165, 1.54) is 0 Å². The minimum absolute atomic E-state index is 0.105. The summed E-state index contributed by atoms with van der Waals surface area (Å²) in [6.07, 6.45) is 3.64. The third-order valence-electron chi connectivity index (χ3n) is 4.21. The maximum Gasteiger partial charge on any atom is 0.252 e. The van der Waals surface area contributed by atoms with Crippen molar-refractivity contribution in [2.24, 2.45) is 7.05 Å². The van der Waals surface area contributed by atoms with Gasteiger partial charge in [0.2, 0.25) is 0 Å². The molecule has 0 saturated carbocycles. The highest BCUT2D eigenvalue weighted by molar-refractivity contribution is 5.94. The fraction of sp³-hybridized carbons (Fsp3) is 0.200. The van der Waals surface area contributed by atoms with Crippen LogP contribution in [0.15, 0.2) is 60.9 Å². The van der Waals surface area contributed by atoms with Crippen LogP contribution in [0.3, 0.4) is 0 Å². The lowest BCUT2D eigenvalue weighted by molar-refractivity contribution is 0.0941. The number of carbonyl (C=O) groups excluding carboxylic acids is 1. The average Bonchev–Trinajstić information content (AvgIpc) is 3.00. The number of benzene rings is 2. The second-order valence-electron chi connectivity index (χ2n) is 6.03. The van der Waals surface area contributed by atoms with Crippen LogP contribution in [0.5, 0.6) is 0 Å². The molecule has 0 aliphatic rings. The number of nitrogens with one attached hydrogen (secondary N) is 1. The van der Waals surface area contributed by atoms with E-state index >= 15 is 0 Å². The number of aryl methyl sites for hydroxylation is 3. The number of aromatic nitrogens is 2. The molecule has 1 atom stereocenters. The van der Waals surface area contributed by atoms with Crippen LogP contribution in [-0.4, -0.2) is 15.5 Å². The first-order valence-corrected chi connectivity index (χ1v) is 7.96. The quantitative estimate of drug-likeness (QED) is 0.799. The molecule has 4 heteroatoms. The smallest absolute Gasteiger partial charge is 0.252 e. The lowest BCUT2D eigenvalue weighted by Gasteiger charge is -2.21. The zero-order valence-electron chi connectivity index (χ0n) is 14.2. The minimum atomic E-state index is -0.292. The number of nitrogens with zero attached hydrogens (tertiary/aromatic N) is 2. The third-order valence-corrected chi connectivity index (χ3v) is 4.21. The molecular weight excluding hydrogens is 298 g/mol. The summed E-state index contributed by atoms with van der Waals surface area (Å²) >= 11 is 0. The van der Waals surface area contributed by atoms with Crippen molar-refractivity contribution in [3.05, 3.63) is 89.0 Å². The number of rotatable bonds is 4. The summed E-state index contributed by atoms with van der Waals surface area (Å²) in [5, 5.41) is 3.13. The zero-order valence-corrected chi connectivity index (χ0v) is 14.2. The number of imidazole rings is 1. The fourth-order valence-corrected chi connectivity index (χ4v) is 2.77. The van der Waals surface area contributed by atoms with Gasteiger partial charge in [-0.05, 0) is 37.1 Å². The van der Waals surface area contributed by atoms with Gasteiger partial charge in [-0.2, -0.15) is 0 Å². The highest BCUT2D eigenvalue weighted by atomic mass is 16.1. The van der Waals surface area contributed by atoms with Crippen LogP contribution in [-0.2, 0) is 7.05 Å². The largest absolute Gasteiger partial charge is 0.338 e. The second kappa shape index (κ2) is 6.71. The van der Waals surface area contributed by atoms with E-state index < -0.39 is 0 Å². The number of carbonyl (C=O) groups is 1. The molecule has 3 aromatic rings. The Labute approximate surface area is 142 Å². The van der Waals surface area contributed by atoms with E-state index in [1.807, 2.05) is 80.2 Å². The number of hydrogen-bond donors (Lipinski definition) is 1. The summed E-state index contributed by atoms with van der Waals surface area (Å²) < 4.78 is 1.94. The van der Waals surface area contributed by atoms with Crippen molar-refractivity contribution >= 4 is 5.91 Å². The first-order valence-electron chi connectivity index (χ1n) is 7.96. The van der Waals surface area contributed by atoms with E-state index in [0.717, 1.165) is 22.5 Å². The van der Waals surface area contributed by atoms with Gasteiger partial charge in [0, 0.05) is 25.0 Å². The molecule has 4 nitrogen and oxygen atoms in total. The summed E-state index contributed by atoms with van der Waals surface area (Å²) in [6, 6.07) is 15.3. The molecule has 1 aromatic heterocycles. The van der Waals surface area contributed by atoms with Crippen molar-refractivity contribution in [2.75, 3.05) is 0 Å². The molecule has 1 amide bonds. The van der Waals surface area contributed by atoms with Crippen molar-refractivity contribution in [2.45, 2.75) is 19.9 Å². The van der Waals surface area contributed by atoms with Gasteiger partial charge in [-0.1, -0.05) is 42.0 Å². The lowest BCUT2D eigenvalue weighted by Crippen LogP contribution is -2.31. The van der Waals surface area contributed by atoms with Crippen molar-refractivity contribution in [3.8, 4) is 0 Å². The maximum atomic E-state index is 12.7. The Hall–Kier alpha value is -2.88. The Morgan fingerprint density at radius 1 is 1.08 bits per heavy atom. The van der Waals surface area contributed by atoms with Crippen molar-refractivity contribution in [3.63, 3.8) is 0 Å². The second-order valence-corrected chi connectivity index (χ2v) is 6.03. The number of hydrogen-bond acceptors (Lipinski definition) is 2. The zero-order chi connectivity index (χ0) is 17.1. The van der Waals surface area contributed by atoms with Crippen molar-refractivity contribution in [1.29, 1.82) is 0 Å². The molecule has 3 rings (SSSR count). The molecule has 0 radical (unpaired) electrons. The molecule has 1 unspecified atom stereocenters. The highest BCUT2D eigenvalue weighted by Crippen LogP contribution is 2.24. The van der Waals surface area contributed by atoms with E-state index in [1.54, 1.807) is 6.20 Å². The van der Waals surface area contributed by atoms with Crippen LogP contribution in [0, 0.1) is 13.8 Å². The number of amides is 1. The van der Waals surface area contributed by atoms with Crippen LogP contribution >= 0.6 is 0 Å². The Morgan fingerprint density at radius 2 is 1.79 bits per heavy atom. The van der Waals surface area contributed by atoms with Gasteiger partial charge in [0.25, 0.3) is 5.91 Å². The summed E-state index contributed by atoms with van der Waals surface area (Å²) in [7, 11) is 1.94. The standard InChI is InChI=1S/C20H21N3O/c1-14-8-10-16(11-9-14)20(24)22-18(19-21-12-13-23(19)3)17-7-5-4-6-15(17)2/h4-13,18H,1-3H3,(H,22,24). The minimum Gasteiger partial charge on any atom is -0.338 e. The molecule has 0 fully saturated rings. The first-order chi connectivity index (χ1) is 11.6. The fourth-order valence-electron chi connectivity index (χ4n) is 2.77. The molecule has 0 aliphatic carbocycles. The van der Waals surface area contributed by atoms with Gasteiger partial charge >= 0.3 is 0 Å². The summed E-state index contributed by atoms with van der Waals surface area (Å²) in [4.78, 5) is 17.2. The van der Waals surface area contributed by atoms with Crippen LogP contribution in [0.25, 0.3) is 0 Å². The van der Waals surface area contributed by atoms with Gasteiger partial charge in [0.15, 0.2) is 0 Å². The lowest BCUT2D eigenvalue weighted by atomic mass is 10.00. The van der Waals surface area contributed by atoms with Gasteiger partial charge in [0.05, 0.1) is 0 Å². The van der Waals surface area contributed by atoms with Gasteiger partial charge in [-0.3, -0.25) is 4.79 Å². The SMILES string of the molecule is Cc1ccc(C(=O)NC(c2ccccc2C)c2nccn2C)cc1. The van der Waals surface area contributed by atoms with E-state index in [2.05, 4.69) is 10.3 Å². The normalized spacial score (nSPS) is 12.0. The Balaban J connectivity index is 1.97. The summed E-state index contributed by atoms with van der Waals surface area (Å²) in [5.41, 5.74) is 3.95. The van der Waals surface area contributed by atoms with Gasteiger partial charge < -0.3 is 9.88 Å². The topological polar surface area (TPSA) is 46.9 Å². The molecule has 0 aliphatic heterocycles. The van der Waals surface area contributed by atoms with E-state index in [9.17, 15) is 4.79 Å². The Morgan fingerprint density at radius 3 is 2.42 bits per heavy atom. The van der Waals surface area contributed by atoms with E-state index in [-0.39, 0.29) is 11.9 Å². The van der Waals surface area contributed by atoms with Crippen LogP contribution in [0.4, 0.5) is 0 Å². The Bertz CT molecular complexity index is 849. The molecule has 0 saturated heterocycles. The van der Waals surface area contributed by atoms with E-state index in [0.29, 0.717) is 5.56 Å². The average molecular weight is 319 g/mol. The molecule has 0 spiro atoms. The molecule has 24 heavy (non-hydrogen) atoms. The predicted molar refractivity (Wildman–Crippen MR) is 94.9 cm³/mol. The van der Waals surface area contributed by atoms with Gasteiger partial charge in [-0.25, -0.2) is 4.98 Å². The van der Waals surface area contributed by atoms with Gasteiger partial charge in [0.1, 0.15) is 11.9 Å². The Kier molecular flexibility index (Phi) is 4.47. The molecule has 0 bridgehead atoms. The maximum absolute atomic E-state index is 12.7. The molecule has 1 heterocycles.